The lowest BCUT2D eigenvalue weighted by Gasteiger charge is -2.13. The van der Waals surface area contributed by atoms with E-state index in [4.69, 9.17) is 4.74 Å². The van der Waals surface area contributed by atoms with Gasteiger partial charge in [0.15, 0.2) is 0 Å². The number of para-hydroxylation sites is 1. The monoisotopic (exact) mass is 339 g/mol. The Kier molecular flexibility index (Phi) is 4.74. The van der Waals surface area contributed by atoms with E-state index in [-0.39, 0.29) is 18.3 Å². The molecular formula is C18H17N3O4. The van der Waals surface area contributed by atoms with Crippen molar-refractivity contribution in [3.05, 3.63) is 52.6 Å². The average molecular weight is 339 g/mol. The van der Waals surface area contributed by atoms with Gasteiger partial charge in [0.1, 0.15) is 12.0 Å². The molecule has 25 heavy (non-hydrogen) atoms. The molecule has 1 N–H and O–H groups in total. The van der Waals surface area contributed by atoms with Gasteiger partial charge in [0.2, 0.25) is 0 Å². The standard InChI is InChI=1S/C18H17N3O4/c1-2-16(22)25-11-10-19-18-12-6-3-4-7-13(12)20-14-8-5-9-15(17(14)18)21(23)24/h3-9H,2,10-11H2,1H3,(H,19,20). The molecule has 0 unspecified atom stereocenters. The lowest BCUT2D eigenvalue weighted by Crippen LogP contribution is -2.13. The summed E-state index contributed by atoms with van der Waals surface area (Å²) in [6.45, 7) is 2.26. The van der Waals surface area contributed by atoms with E-state index in [0.717, 1.165) is 10.9 Å². The third-order valence-corrected chi connectivity index (χ3v) is 3.84. The Bertz CT molecular complexity index is 956. The van der Waals surface area contributed by atoms with E-state index < -0.39 is 4.92 Å². The van der Waals surface area contributed by atoms with Gasteiger partial charge in [0.05, 0.1) is 21.6 Å². The van der Waals surface area contributed by atoms with Gasteiger partial charge in [-0.3, -0.25) is 14.9 Å². The molecule has 7 nitrogen and oxygen atoms in total. The zero-order chi connectivity index (χ0) is 17.8. The van der Waals surface area contributed by atoms with Crippen molar-refractivity contribution >= 4 is 39.1 Å². The number of anilines is 1. The van der Waals surface area contributed by atoms with Gasteiger partial charge < -0.3 is 10.1 Å². The first-order valence-electron chi connectivity index (χ1n) is 7.97. The van der Waals surface area contributed by atoms with Gasteiger partial charge in [-0.05, 0) is 12.1 Å². The van der Waals surface area contributed by atoms with Crippen LogP contribution in [0, 0.1) is 10.1 Å². The Morgan fingerprint density at radius 1 is 1.20 bits per heavy atom. The van der Waals surface area contributed by atoms with E-state index in [2.05, 4.69) is 10.3 Å². The van der Waals surface area contributed by atoms with Crippen LogP contribution in [0.2, 0.25) is 0 Å². The number of nitro benzene ring substituents is 1. The second-order valence-electron chi connectivity index (χ2n) is 5.43. The molecule has 0 aliphatic carbocycles. The summed E-state index contributed by atoms with van der Waals surface area (Å²) in [4.78, 5) is 26.8. The fraction of sp³-hybridized carbons (Fsp3) is 0.222. The zero-order valence-electron chi connectivity index (χ0n) is 13.7. The first-order chi connectivity index (χ1) is 12.1. The SMILES string of the molecule is CCC(=O)OCCNc1c2ccccc2nc2cccc([N+](=O)[O-])c12. The van der Waals surface area contributed by atoms with Crippen LogP contribution in [0.25, 0.3) is 21.8 Å². The van der Waals surface area contributed by atoms with Gasteiger partial charge >= 0.3 is 5.97 Å². The molecule has 0 spiro atoms. The summed E-state index contributed by atoms with van der Waals surface area (Å²) < 4.78 is 5.06. The lowest BCUT2D eigenvalue weighted by molar-refractivity contribution is -0.383. The van der Waals surface area contributed by atoms with Crippen molar-refractivity contribution in [1.29, 1.82) is 0 Å². The smallest absolute Gasteiger partial charge is 0.305 e. The van der Waals surface area contributed by atoms with E-state index in [1.807, 2.05) is 24.3 Å². The van der Waals surface area contributed by atoms with Crippen LogP contribution in [-0.4, -0.2) is 29.0 Å². The Hall–Kier alpha value is -3.22. The van der Waals surface area contributed by atoms with Gasteiger partial charge in [0, 0.05) is 24.4 Å². The summed E-state index contributed by atoms with van der Waals surface area (Å²) in [5, 5.41) is 15.9. The highest BCUT2D eigenvalue weighted by molar-refractivity contribution is 6.11. The van der Waals surface area contributed by atoms with Crippen molar-refractivity contribution in [2.45, 2.75) is 13.3 Å². The van der Waals surface area contributed by atoms with Crippen LogP contribution < -0.4 is 5.32 Å². The van der Waals surface area contributed by atoms with E-state index in [1.165, 1.54) is 6.07 Å². The number of hydrogen-bond donors (Lipinski definition) is 1. The summed E-state index contributed by atoms with van der Waals surface area (Å²) in [5.41, 5.74) is 1.90. The fourth-order valence-electron chi connectivity index (χ4n) is 2.70. The van der Waals surface area contributed by atoms with Crippen molar-refractivity contribution in [2.75, 3.05) is 18.5 Å². The van der Waals surface area contributed by atoms with E-state index in [0.29, 0.717) is 29.6 Å². The predicted octanol–water partition coefficient (Wildman–Crippen LogP) is 3.66. The Balaban J connectivity index is 2.08. The summed E-state index contributed by atoms with van der Waals surface area (Å²) >= 11 is 0. The van der Waals surface area contributed by atoms with Crippen molar-refractivity contribution < 1.29 is 14.5 Å². The molecule has 3 rings (SSSR count). The van der Waals surface area contributed by atoms with Crippen molar-refractivity contribution in [3.8, 4) is 0 Å². The maximum atomic E-state index is 11.4. The number of aromatic nitrogens is 1. The minimum atomic E-state index is -0.416. The number of nitrogens with zero attached hydrogens (tertiary/aromatic N) is 2. The molecule has 128 valence electrons. The van der Waals surface area contributed by atoms with Gasteiger partial charge in [-0.1, -0.05) is 31.2 Å². The molecule has 0 atom stereocenters. The zero-order valence-corrected chi connectivity index (χ0v) is 13.7. The number of nitro groups is 1. The summed E-state index contributed by atoms with van der Waals surface area (Å²) in [6, 6.07) is 12.3. The summed E-state index contributed by atoms with van der Waals surface area (Å²) in [7, 11) is 0. The average Bonchev–Trinajstić information content (AvgIpc) is 2.63. The molecule has 0 radical (unpaired) electrons. The number of hydrogen-bond acceptors (Lipinski definition) is 6. The number of esters is 1. The van der Waals surface area contributed by atoms with E-state index >= 15 is 0 Å². The fourth-order valence-corrected chi connectivity index (χ4v) is 2.70. The topological polar surface area (TPSA) is 94.4 Å². The minimum absolute atomic E-state index is 0.0104. The predicted molar refractivity (Wildman–Crippen MR) is 95.6 cm³/mol. The van der Waals surface area contributed by atoms with Crippen molar-refractivity contribution in [1.82, 2.24) is 4.98 Å². The largest absolute Gasteiger partial charge is 0.464 e. The number of ether oxygens (including phenoxy) is 1. The molecule has 0 amide bonds. The van der Waals surface area contributed by atoms with Crippen LogP contribution in [0.3, 0.4) is 0 Å². The van der Waals surface area contributed by atoms with Crippen LogP contribution in [-0.2, 0) is 9.53 Å². The molecule has 0 aliphatic heterocycles. The highest BCUT2D eigenvalue weighted by Gasteiger charge is 2.18. The van der Waals surface area contributed by atoms with Crippen LogP contribution >= 0.6 is 0 Å². The summed E-state index contributed by atoms with van der Waals surface area (Å²) in [5.74, 6) is -0.280. The van der Waals surface area contributed by atoms with Crippen LogP contribution in [0.15, 0.2) is 42.5 Å². The second-order valence-corrected chi connectivity index (χ2v) is 5.43. The van der Waals surface area contributed by atoms with Crippen molar-refractivity contribution in [3.63, 3.8) is 0 Å². The molecule has 2 aromatic carbocycles. The quantitative estimate of drug-likeness (QED) is 0.242. The normalized spacial score (nSPS) is 10.8. The molecule has 0 saturated carbocycles. The number of nitrogens with one attached hydrogen (secondary N) is 1. The highest BCUT2D eigenvalue weighted by atomic mass is 16.6. The third-order valence-electron chi connectivity index (χ3n) is 3.84. The molecule has 0 bridgehead atoms. The Labute approximate surface area is 143 Å². The number of non-ortho nitro benzene ring substituents is 1. The number of benzene rings is 2. The lowest BCUT2D eigenvalue weighted by atomic mass is 10.1. The first-order valence-corrected chi connectivity index (χ1v) is 7.97. The van der Waals surface area contributed by atoms with Crippen LogP contribution in [0.4, 0.5) is 11.4 Å². The third kappa shape index (κ3) is 3.35. The molecule has 0 saturated heterocycles. The summed E-state index contributed by atoms with van der Waals surface area (Å²) in [6.07, 6.45) is 0.312. The van der Waals surface area contributed by atoms with Crippen molar-refractivity contribution in [2.24, 2.45) is 0 Å². The minimum Gasteiger partial charge on any atom is -0.464 e. The van der Waals surface area contributed by atoms with Crippen LogP contribution in [0.5, 0.6) is 0 Å². The molecular weight excluding hydrogens is 322 g/mol. The number of fused-ring (bicyclic) bond motifs is 2. The second kappa shape index (κ2) is 7.12. The highest BCUT2D eigenvalue weighted by Crippen LogP contribution is 2.36. The number of carbonyl (C=O) groups is 1. The van der Waals surface area contributed by atoms with Gasteiger partial charge in [0.25, 0.3) is 5.69 Å². The van der Waals surface area contributed by atoms with E-state index in [1.54, 1.807) is 19.1 Å². The Morgan fingerprint density at radius 3 is 2.72 bits per heavy atom. The van der Waals surface area contributed by atoms with Gasteiger partial charge in [-0.2, -0.15) is 0 Å². The van der Waals surface area contributed by atoms with Gasteiger partial charge in [-0.15, -0.1) is 0 Å². The Morgan fingerprint density at radius 2 is 1.96 bits per heavy atom. The molecule has 7 heteroatoms. The molecule has 1 aromatic heterocycles. The van der Waals surface area contributed by atoms with Crippen LogP contribution in [0.1, 0.15) is 13.3 Å². The first kappa shape index (κ1) is 16.6. The maximum absolute atomic E-state index is 11.4. The molecule has 1 heterocycles. The van der Waals surface area contributed by atoms with Gasteiger partial charge in [-0.25, -0.2) is 4.98 Å². The molecule has 0 aliphatic rings. The maximum Gasteiger partial charge on any atom is 0.305 e. The number of rotatable bonds is 6. The number of pyridine rings is 1. The van der Waals surface area contributed by atoms with E-state index in [9.17, 15) is 14.9 Å². The molecule has 3 aromatic rings. The molecule has 0 fully saturated rings. The number of carbonyl (C=O) groups excluding carboxylic acids is 1.